The summed E-state index contributed by atoms with van der Waals surface area (Å²) in [4.78, 5) is 43.8. The summed E-state index contributed by atoms with van der Waals surface area (Å²) in [6.07, 6.45) is 1.64. The van der Waals surface area contributed by atoms with Crippen LogP contribution in [0, 0.1) is 0 Å². The SMILES string of the molecule is C[C@@H](C(=O)NCc1ccccn1)N1C(=O)COc2ccc(C(=O)COc3ccccc3Cl)cc21. The second-order valence-corrected chi connectivity index (χ2v) is 8.00. The number of nitrogens with zero attached hydrogens (tertiary/aromatic N) is 2. The molecule has 9 heteroatoms. The number of para-hydroxylation sites is 1. The van der Waals surface area contributed by atoms with Crippen molar-refractivity contribution < 1.29 is 23.9 Å². The smallest absolute Gasteiger partial charge is 0.265 e. The van der Waals surface area contributed by atoms with Gasteiger partial charge in [-0.2, -0.15) is 0 Å². The Kier molecular flexibility index (Phi) is 7.08. The topological polar surface area (TPSA) is 97.8 Å². The normalized spacial score (nSPS) is 13.5. The van der Waals surface area contributed by atoms with Gasteiger partial charge in [-0.05, 0) is 49.4 Å². The number of ether oxygens (including phenoxy) is 2. The number of rotatable bonds is 8. The summed E-state index contributed by atoms with van der Waals surface area (Å²) >= 11 is 6.07. The second kappa shape index (κ2) is 10.4. The highest BCUT2D eigenvalue weighted by molar-refractivity contribution is 6.32. The largest absolute Gasteiger partial charge is 0.484 e. The minimum atomic E-state index is -0.830. The van der Waals surface area contributed by atoms with E-state index in [-0.39, 0.29) is 37.4 Å². The van der Waals surface area contributed by atoms with E-state index in [4.69, 9.17) is 21.1 Å². The van der Waals surface area contributed by atoms with Crippen LogP contribution in [-0.4, -0.2) is 41.8 Å². The number of ketones is 1. The average Bonchev–Trinajstić information content (AvgIpc) is 2.86. The molecule has 2 amide bonds. The Hall–Kier alpha value is -3.91. The number of benzene rings is 2. The lowest BCUT2D eigenvalue weighted by atomic mass is 10.1. The fourth-order valence-corrected chi connectivity index (χ4v) is 3.69. The van der Waals surface area contributed by atoms with Crippen molar-refractivity contribution in [2.45, 2.75) is 19.5 Å². The van der Waals surface area contributed by atoms with Gasteiger partial charge in [0.1, 0.15) is 17.5 Å². The Morgan fingerprint density at radius 3 is 2.74 bits per heavy atom. The minimum absolute atomic E-state index is 0.201. The lowest BCUT2D eigenvalue weighted by Crippen LogP contribution is -2.51. The molecular weight excluding hydrogens is 458 g/mol. The molecule has 174 valence electrons. The van der Waals surface area contributed by atoms with Gasteiger partial charge in [0.25, 0.3) is 5.91 Å². The van der Waals surface area contributed by atoms with Crippen molar-refractivity contribution in [3.8, 4) is 11.5 Å². The molecule has 2 aromatic carbocycles. The van der Waals surface area contributed by atoms with Gasteiger partial charge in [-0.3, -0.25) is 24.3 Å². The van der Waals surface area contributed by atoms with Gasteiger partial charge in [-0.25, -0.2) is 0 Å². The number of carbonyl (C=O) groups is 3. The standard InChI is InChI=1S/C25H22ClN3O5/c1-16(25(32)28-13-18-6-4-5-11-27-18)29-20-12-17(9-10-23(20)34-15-24(29)31)21(30)14-33-22-8-3-2-7-19(22)26/h2-12,16H,13-15H2,1H3,(H,28,32)/t16-/m0/s1. The molecule has 0 spiro atoms. The van der Waals surface area contributed by atoms with E-state index in [1.165, 1.54) is 11.0 Å². The number of fused-ring (bicyclic) bond motifs is 1. The van der Waals surface area contributed by atoms with Crippen LogP contribution in [0.5, 0.6) is 11.5 Å². The summed E-state index contributed by atoms with van der Waals surface area (Å²) in [5.41, 5.74) is 1.36. The van der Waals surface area contributed by atoms with Crippen LogP contribution in [0.1, 0.15) is 23.0 Å². The van der Waals surface area contributed by atoms with Gasteiger partial charge in [0.2, 0.25) is 5.91 Å². The van der Waals surface area contributed by atoms with Crippen LogP contribution in [0.15, 0.2) is 66.9 Å². The molecule has 1 N–H and O–H groups in total. The number of nitrogens with one attached hydrogen (secondary N) is 1. The summed E-state index contributed by atoms with van der Waals surface area (Å²) in [5, 5.41) is 3.19. The van der Waals surface area contributed by atoms with Gasteiger partial charge >= 0.3 is 0 Å². The highest BCUT2D eigenvalue weighted by Gasteiger charge is 2.33. The van der Waals surface area contributed by atoms with Crippen LogP contribution in [0.25, 0.3) is 0 Å². The lowest BCUT2D eigenvalue weighted by Gasteiger charge is -2.33. The van der Waals surface area contributed by atoms with Crippen LogP contribution in [-0.2, 0) is 16.1 Å². The summed E-state index contributed by atoms with van der Waals surface area (Å²) < 4.78 is 11.1. The molecule has 4 rings (SSSR count). The van der Waals surface area contributed by atoms with Crippen LogP contribution >= 0.6 is 11.6 Å². The van der Waals surface area contributed by atoms with E-state index >= 15 is 0 Å². The van der Waals surface area contributed by atoms with E-state index in [9.17, 15) is 14.4 Å². The molecular formula is C25H22ClN3O5. The highest BCUT2D eigenvalue weighted by atomic mass is 35.5. The Bertz CT molecular complexity index is 1220. The maximum absolute atomic E-state index is 12.8. The molecule has 1 aromatic heterocycles. The zero-order valence-electron chi connectivity index (χ0n) is 18.4. The number of pyridine rings is 1. The molecule has 0 aliphatic carbocycles. The maximum Gasteiger partial charge on any atom is 0.265 e. The van der Waals surface area contributed by atoms with Crippen molar-refractivity contribution in [3.05, 3.63) is 83.1 Å². The third kappa shape index (κ3) is 5.18. The molecule has 1 atom stereocenters. The molecule has 0 radical (unpaired) electrons. The van der Waals surface area contributed by atoms with Crippen molar-refractivity contribution in [1.82, 2.24) is 10.3 Å². The third-order valence-electron chi connectivity index (χ3n) is 5.29. The first-order chi connectivity index (χ1) is 16.4. The quantitative estimate of drug-likeness (QED) is 0.497. The monoisotopic (exact) mass is 479 g/mol. The fraction of sp³-hybridized carbons (Fsp3) is 0.200. The Morgan fingerprint density at radius 2 is 1.97 bits per heavy atom. The van der Waals surface area contributed by atoms with Crippen LogP contribution in [0.2, 0.25) is 5.02 Å². The zero-order chi connectivity index (χ0) is 24.1. The lowest BCUT2D eigenvalue weighted by molar-refractivity contribution is -0.127. The molecule has 0 unspecified atom stereocenters. The van der Waals surface area contributed by atoms with E-state index in [1.807, 2.05) is 6.07 Å². The van der Waals surface area contributed by atoms with Gasteiger partial charge in [0, 0.05) is 11.8 Å². The molecule has 1 aliphatic rings. The van der Waals surface area contributed by atoms with E-state index < -0.39 is 6.04 Å². The number of amides is 2. The zero-order valence-corrected chi connectivity index (χ0v) is 19.1. The summed E-state index contributed by atoms with van der Waals surface area (Å²) in [6.45, 7) is 1.41. The van der Waals surface area contributed by atoms with Crippen molar-refractivity contribution in [1.29, 1.82) is 0 Å². The molecule has 0 saturated heterocycles. The van der Waals surface area contributed by atoms with Crippen LogP contribution in [0.3, 0.4) is 0 Å². The van der Waals surface area contributed by atoms with E-state index in [0.717, 1.165) is 0 Å². The van der Waals surface area contributed by atoms with E-state index in [2.05, 4.69) is 10.3 Å². The van der Waals surface area contributed by atoms with Crippen molar-refractivity contribution in [2.24, 2.45) is 0 Å². The fourth-order valence-electron chi connectivity index (χ4n) is 3.50. The summed E-state index contributed by atoms with van der Waals surface area (Å²) in [6, 6.07) is 16.2. The minimum Gasteiger partial charge on any atom is -0.484 e. The predicted octanol–water partition coefficient (Wildman–Crippen LogP) is 3.43. The highest BCUT2D eigenvalue weighted by Crippen LogP contribution is 2.34. The first kappa shape index (κ1) is 23.3. The van der Waals surface area contributed by atoms with E-state index in [1.54, 1.807) is 61.7 Å². The predicted molar refractivity (Wildman–Crippen MR) is 126 cm³/mol. The van der Waals surface area contributed by atoms with Crippen LogP contribution < -0.4 is 19.7 Å². The number of Topliss-reactive ketones (excluding diaryl/α,β-unsaturated/α-hetero) is 1. The Balaban J connectivity index is 1.49. The van der Waals surface area contributed by atoms with Gasteiger partial charge in [0.05, 0.1) is 22.9 Å². The molecule has 2 heterocycles. The van der Waals surface area contributed by atoms with E-state index in [0.29, 0.717) is 33.5 Å². The molecule has 34 heavy (non-hydrogen) atoms. The molecule has 0 saturated carbocycles. The molecule has 3 aromatic rings. The second-order valence-electron chi connectivity index (χ2n) is 7.59. The molecule has 0 bridgehead atoms. The first-order valence-corrected chi connectivity index (χ1v) is 11.0. The summed E-state index contributed by atoms with van der Waals surface area (Å²) in [5.74, 6) is -0.246. The number of anilines is 1. The molecule has 8 nitrogen and oxygen atoms in total. The van der Waals surface area contributed by atoms with Gasteiger partial charge in [-0.1, -0.05) is 29.8 Å². The molecule has 0 fully saturated rings. The number of hydrogen-bond acceptors (Lipinski definition) is 6. The Labute approximate surface area is 201 Å². The number of halogens is 1. The van der Waals surface area contributed by atoms with Gasteiger partial charge in [0.15, 0.2) is 19.0 Å². The number of aromatic nitrogens is 1. The molecule has 1 aliphatic heterocycles. The van der Waals surface area contributed by atoms with Gasteiger partial charge in [-0.15, -0.1) is 0 Å². The summed E-state index contributed by atoms with van der Waals surface area (Å²) in [7, 11) is 0. The van der Waals surface area contributed by atoms with Crippen molar-refractivity contribution in [3.63, 3.8) is 0 Å². The number of carbonyl (C=O) groups excluding carboxylic acids is 3. The Morgan fingerprint density at radius 1 is 1.18 bits per heavy atom. The maximum atomic E-state index is 12.8. The van der Waals surface area contributed by atoms with Crippen LogP contribution in [0.4, 0.5) is 5.69 Å². The number of hydrogen-bond donors (Lipinski definition) is 1. The van der Waals surface area contributed by atoms with Crippen molar-refractivity contribution in [2.75, 3.05) is 18.1 Å². The first-order valence-electron chi connectivity index (χ1n) is 10.6. The van der Waals surface area contributed by atoms with Crippen molar-refractivity contribution >= 4 is 34.9 Å². The third-order valence-corrected chi connectivity index (χ3v) is 5.60. The van der Waals surface area contributed by atoms with Gasteiger partial charge < -0.3 is 14.8 Å². The average molecular weight is 480 g/mol.